The molecule has 4 aromatic rings. The molecular weight excluding hydrogens is 396 g/mol. The summed E-state index contributed by atoms with van der Waals surface area (Å²) in [6.45, 7) is 1.80. The van der Waals surface area contributed by atoms with Crippen molar-refractivity contribution < 1.29 is 4.79 Å². The third-order valence-corrected chi connectivity index (χ3v) is 5.89. The summed E-state index contributed by atoms with van der Waals surface area (Å²) in [5.41, 5.74) is 8.84. The van der Waals surface area contributed by atoms with Crippen LogP contribution >= 0.6 is 11.6 Å². The number of hydrazone groups is 1. The predicted octanol–water partition coefficient (Wildman–Crippen LogP) is 5.14. The van der Waals surface area contributed by atoms with E-state index in [2.05, 4.69) is 51.1 Å². The second-order valence-electron chi connectivity index (χ2n) is 7.40. The largest absolute Gasteiger partial charge is 0.289 e. The van der Waals surface area contributed by atoms with Crippen LogP contribution in [0.2, 0.25) is 5.02 Å². The van der Waals surface area contributed by atoms with Crippen LogP contribution in [0.25, 0.3) is 22.0 Å². The van der Waals surface area contributed by atoms with Crippen molar-refractivity contribution in [2.24, 2.45) is 5.10 Å². The van der Waals surface area contributed by atoms with Crippen LogP contribution in [-0.4, -0.2) is 21.8 Å². The molecule has 1 aliphatic rings. The van der Waals surface area contributed by atoms with Crippen molar-refractivity contribution in [3.05, 3.63) is 88.1 Å². The number of rotatable bonds is 4. The molecule has 0 unspecified atom stereocenters. The van der Waals surface area contributed by atoms with E-state index in [4.69, 9.17) is 11.6 Å². The number of aromatic amines is 1. The van der Waals surface area contributed by atoms with E-state index in [0.717, 1.165) is 29.7 Å². The Balaban J connectivity index is 1.41. The maximum absolute atomic E-state index is 12.6. The fraction of sp³-hybridized carbons (Fsp3) is 0.125. The molecule has 6 heteroatoms. The summed E-state index contributed by atoms with van der Waals surface area (Å²) in [7, 11) is 0. The van der Waals surface area contributed by atoms with Crippen LogP contribution in [-0.2, 0) is 12.8 Å². The smallest absolute Gasteiger partial charge is 0.272 e. The van der Waals surface area contributed by atoms with Crippen molar-refractivity contribution in [3.63, 3.8) is 0 Å². The topological polar surface area (TPSA) is 70.1 Å². The SMILES string of the molecule is C/C(=N/NC(=O)c1cc(-c2ccc3c4c(cccc24)CC3)n[nH]1)c1ccccc1Cl. The number of carbonyl (C=O) groups excluding carboxylic acids is 1. The molecule has 5 rings (SSSR count). The highest BCUT2D eigenvalue weighted by atomic mass is 35.5. The summed E-state index contributed by atoms with van der Waals surface area (Å²) >= 11 is 6.19. The van der Waals surface area contributed by atoms with Gasteiger partial charge < -0.3 is 0 Å². The lowest BCUT2D eigenvalue weighted by Crippen LogP contribution is -2.19. The minimum atomic E-state index is -0.355. The highest BCUT2D eigenvalue weighted by molar-refractivity contribution is 6.34. The molecule has 1 aromatic heterocycles. The molecule has 3 aromatic carbocycles. The molecule has 1 aliphatic carbocycles. The van der Waals surface area contributed by atoms with Gasteiger partial charge in [0.25, 0.3) is 5.91 Å². The summed E-state index contributed by atoms with van der Waals surface area (Å²) in [6.07, 6.45) is 2.15. The number of H-pyrrole nitrogens is 1. The Morgan fingerprint density at radius 1 is 1.07 bits per heavy atom. The van der Waals surface area contributed by atoms with Crippen LogP contribution < -0.4 is 5.43 Å². The fourth-order valence-corrected chi connectivity index (χ4v) is 4.33. The molecule has 5 nitrogen and oxygen atoms in total. The molecule has 0 aliphatic heterocycles. The van der Waals surface area contributed by atoms with Crippen molar-refractivity contribution >= 4 is 34.0 Å². The lowest BCUT2D eigenvalue weighted by Gasteiger charge is -2.06. The first kappa shape index (κ1) is 18.6. The molecule has 0 saturated heterocycles. The van der Waals surface area contributed by atoms with Gasteiger partial charge in [-0.05, 0) is 53.8 Å². The van der Waals surface area contributed by atoms with Crippen molar-refractivity contribution in [1.29, 1.82) is 0 Å². The molecule has 30 heavy (non-hydrogen) atoms. The lowest BCUT2D eigenvalue weighted by atomic mass is 9.98. The highest BCUT2D eigenvalue weighted by Gasteiger charge is 2.18. The van der Waals surface area contributed by atoms with Crippen molar-refractivity contribution in [3.8, 4) is 11.3 Å². The third-order valence-electron chi connectivity index (χ3n) is 5.56. The number of hydrogen-bond donors (Lipinski definition) is 2. The normalized spacial score (nSPS) is 13.1. The molecule has 0 atom stereocenters. The molecule has 1 heterocycles. The molecule has 0 fully saturated rings. The third kappa shape index (κ3) is 3.17. The Labute approximate surface area is 178 Å². The monoisotopic (exact) mass is 414 g/mol. The van der Waals surface area contributed by atoms with E-state index in [1.165, 1.54) is 21.9 Å². The number of nitrogens with zero attached hydrogens (tertiary/aromatic N) is 2. The predicted molar refractivity (Wildman–Crippen MR) is 120 cm³/mol. The summed E-state index contributed by atoms with van der Waals surface area (Å²) in [5.74, 6) is -0.355. The van der Waals surface area contributed by atoms with Crippen LogP contribution in [0.4, 0.5) is 0 Å². The number of aryl methyl sites for hydroxylation is 2. The van der Waals surface area contributed by atoms with Crippen LogP contribution in [0.5, 0.6) is 0 Å². The quantitative estimate of drug-likeness (QED) is 0.358. The molecule has 0 saturated carbocycles. The van der Waals surface area contributed by atoms with Gasteiger partial charge in [0.2, 0.25) is 0 Å². The number of hydrogen-bond acceptors (Lipinski definition) is 3. The zero-order valence-electron chi connectivity index (χ0n) is 16.4. The second-order valence-corrected chi connectivity index (χ2v) is 7.80. The standard InChI is InChI=1S/C24H19ClN4O/c1-14(17-6-2-3-8-20(17)25)26-29-24(30)22-13-21(27-28-22)18-12-11-16-10-9-15-5-4-7-19(18)23(15)16/h2-8,11-13H,9-10H2,1H3,(H,27,28)(H,29,30)/b26-14-. The van der Waals surface area contributed by atoms with Crippen LogP contribution in [0, 0.1) is 0 Å². The highest BCUT2D eigenvalue weighted by Crippen LogP contribution is 2.36. The van der Waals surface area contributed by atoms with E-state index >= 15 is 0 Å². The number of carbonyl (C=O) groups is 1. The molecule has 0 bridgehead atoms. The first-order chi connectivity index (χ1) is 14.6. The van der Waals surface area contributed by atoms with E-state index in [0.29, 0.717) is 16.4 Å². The maximum atomic E-state index is 12.6. The number of benzene rings is 3. The number of nitrogens with one attached hydrogen (secondary N) is 2. The fourth-order valence-electron chi connectivity index (χ4n) is 4.06. The van der Waals surface area contributed by atoms with Gasteiger partial charge in [0, 0.05) is 16.1 Å². The van der Waals surface area contributed by atoms with Gasteiger partial charge in [-0.15, -0.1) is 0 Å². The molecular formula is C24H19ClN4O. The van der Waals surface area contributed by atoms with Crippen molar-refractivity contribution in [2.45, 2.75) is 19.8 Å². The number of aromatic nitrogens is 2. The summed E-state index contributed by atoms with van der Waals surface area (Å²) in [5, 5.41) is 14.5. The van der Waals surface area contributed by atoms with E-state index in [1.54, 1.807) is 19.1 Å². The van der Waals surface area contributed by atoms with Gasteiger partial charge in [0.05, 0.1) is 11.4 Å². The minimum absolute atomic E-state index is 0.351. The van der Waals surface area contributed by atoms with E-state index < -0.39 is 0 Å². The zero-order valence-corrected chi connectivity index (χ0v) is 17.1. The van der Waals surface area contributed by atoms with Gasteiger partial charge in [-0.1, -0.05) is 60.1 Å². The summed E-state index contributed by atoms with van der Waals surface area (Å²) in [6, 6.07) is 19.8. The first-order valence-corrected chi connectivity index (χ1v) is 10.2. The van der Waals surface area contributed by atoms with Crippen molar-refractivity contribution in [2.75, 3.05) is 0 Å². The Morgan fingerprint density at radius 3 is 2.70 bits per heavy atom. The van der Waals surface area contributed by atoms with E-state index in [-0.39, 0.29) is 5.91 Å². The number of amides is 1. The molecule has 148 valence electrons. The average Bonchev–Trinajstić information content (AvgIpc) is 3.41. The van der Waals surface area contributed by atoms with Crippen LogP contribution in [0.15, 0.2) is 65.8 Å². The van der Waals surface area contributed by atoms with E-state index in [1.807, 2.05) is 18.2 Å². The Kier molecular flexibility index (Phi) is 4.60. The van der Waals surface area contributed by atoms with Gasteiger partial charge in [0.15, 0.2) is 0 Å². The molecule has 0 spiro atoms. The lowest BCUT2D eigenvalue weighted by molar-refractivity contribution is 0.0950. The zero-order chi connectivity index (χ0) is 20.7. The van der Waals surface area contributed by atoms with Gasteiger partial charge >= 0.3 is 0 Å². The molecule has 0 radical (unpaired) electrons. The number of halogens is 1. The Bertz CT molecular complexity index is 1310. The maximum Gasteiger partial charge on any atom is 0.289 e. The van der Waals surface area contributed by atoms with Gasteiger partial charge in [-0.3, -0.25) is 9.89 Å². The Hall–Kier alpha value is -3.44. The first-order valence-electron chi connectivity index (χ1n) is 9.80. The van der Waals surface area contributed by atoms with Gasteiger partial charge in [0.1, 0.15) is 5.69 Å². The van der Waals surface area contributed by atoms with E-state index in [9.17, 15) is 4.79 Å². The Morgan fingerprint density at radius 2 is 1.87 bits per heavy atom. The average molecular weight is 415 g/mol. The second kappa shape index (κ2) is 7.43. The summed E-state index contributed by atoms with van der Waals surface area (Å²) < 4.78 is 0. The van der Waals surface area contributed by atoms with Crippen molar-refractivity contribution in [1.82, 2.24) is 15.6 Å². The van der Waals surface area contributed by atoms with Gasteiger partial charge in [-0.2, -0.15) is 10.2 Å². The summed E-state index contributed by atoms with van der Waals surface area (Å²) in [4.78, 5) is 12.6. The van der Waals surface area contributed by atoms with Crippen LogP contribution in [0.3, 0.4) is 0 Å². The van der Waals surface area contributed by atoms with Crippen LogP contribution in [0.1, 0.15) is 34.1 Å². The molecule has 1 amide bonds. The van der Waals surface area contributed by atoms with Gasteiger partial charge in [-0.25, -0.2) is 5.43 Å². The molecule has 2 N–H and O–H groups in total. The minimum Gasteiger partial charge on any atom is -0.272 e.